The summed E-state index contributed by atoms with van der Waals surface area (Å²) in [5.74, 6) is -0.852. The summed E-state index contributed by atoms with van der Waals surface area (Å²) in [6.45, 7) is 1.71. The van der Waals surface area contributed by atoms with Gasteiger partial charge in [-0.3, -0.25) is 14.4 Å². The average Bonchev–Trinajstić information content (AvgIpc) is 3.19. The number of aryl methyl sites for hydroxylation is 1. The number of rotatable bonds is 8. The van der Waals surface area contributed by atoms with E-state index >= 15 is 0 Å². The van der Waals surface area contributed by atoms with Gasteiger partial charge in [0.1, 0.15) is 11.5 Å². The molecule has 9 heteroatoms. The highest BCUT2D eigenvalue weighted by Gasteiger charge is 2.37. The van der Waals surface area contributed by atoms with Gasteiger partial charge in [-0.1, -0.05) is 22.9 Å². The normalized spacial score (nSPS) is 15.4. The van der Waals surface area contributed by atoms with Gasteiger partial charge in [0.2, 0.25) is 5.91 Å². The van der Waals surface area contributed by atoms with E-state index in [-0.39, 0.29) is 18.9 Å². The van der Waals surface area contributed by atoms with Gasteiger partial charge in [0, 0.05) is 29.2 Å². The van der Waals surface area contributed by atoms with Crippen molar-refractivity contribution < 1.29 is 28.6 Å². The molecule has 0 radical (unpaired) electrons. The van der Waals surface area contributed by atoms with Crippen LogP contribution in [0.1, 0.15) is 18.9 Å². The number of halogens is 1. The van der Waals surface area contributed by atoms with Crippen LogP contribution >= 0.6 is 15.9 Å². The van der Waals surface area contributed by atoms with E-state index in [4.69, 9.17) is 14.2 Å². The van der Waals surface area contributed by atoms with Crippen LogP contribution in [-0.4, -0.2) is 45.2 Å². The summed E-state index contributed by atoms with van der Waals surface area (Å²) in [7, 11) is 3.04. The van der Waals surface area contributed by atoms with Gasteiger partial charge >= 0.3 is 5.97 Å². The molecule has 170 valence electrons. The fourth-order valence-electron chi connectivity index (χ4n) is 3.52. The third-order valence-corrected chi connectivity index (χ3v) is 5.70. The molecule has 0 aliphatic carbocycles. The summed E-state index contributed by atoms with van der Waals surface area (Å²) in [5, 5.41) is 2.76. The number of methoxy groups -OCH3 is 2. The van der Waals surface area contributed by atoms with Crippen molar-refractivity contribution in [3.8, 4) is 11.5 Å². The molecule has 8 nitrogen and oxygen atoms in total. The molecule has 1 saturated heterocycles. The van der Waals surface area contributed by atoms with Gasteiger partial charge in [-0.2, -0.15) is 0 Å². The van der Waals surface area contributed by atoms with Crippen molar-refractivity contribution in [1.82, 2.24) is 0 Å². The molecule has 1 fully saturated rings. The molecule has 0 aromatic heterocycles. The van der Waals surface area contributed by atoms with Gasteiger partial charge in [0.25, 0.3) is 5.91 Å². The van der Waals surface area contributed by atoms with E-state index in [0.717, 1.165) is 16.5 Å². The van der Waals surface area contributed by atoms with Gasteiger partial charge in [0.15, 0.2) is 6.61 Å². The van der Waals surface area contributed by atoms with Crippen LogP contribution in [0.5, 0.6) is 11.5 Å². The standard InChI is InChI=1S/C23H25BrN2O6/c1-4-14-9-16(24)5-7-18(14)25-21(27)13-32-23(29)15-10-22(28)26(12-15)19-8-6-17(30-2)11-20(19)31-3/h5-9,11,15H,4,10,12-13H2,1-3H3,(H,25,27)/t15-/m0/s1. The number of amides is 2. The lowest BCUT2D eigenvalue weighted by molar-refractivity contribution is -0.151. The molecule has 0 saturated carbocycles. The van der Waals surface area contributed by atoms with Crippen LogP contribution in [0, 0.1) is 5.92 Å². The maximum atomic E-state index is 12.5. The first-order valence-corrected chi connectivity index (χ1v) is 10.9. The Labute approximate surface area is 194 Å². The highest BCUT2D eigenvalue weighted by molar-refractivity contribution is 9.10. The lowest BCUT2D eigenvalue weighted by Crippen LogP contribution is -2.28. The second-order valence-electron chi connectivity index (χ2n) is 7.25. The SMILES string of the molecule is CCc1cc(Br)ccc1NC(=O)COC(=O)[C@H]1CC(=O)N(c2ccc(OC)cc2OC)C1. The predicted molar refractivity (Wildman–Crippen MR) is 123 cm³/mol. The minimum absolute atomic E-state index is 0.00231. The Balaban J connectivity index is 1.59. The summed E-state index contributed by atoms with van der Waals surface area (Å²) in [6, 6.07) is 10.6. The summed E-state index contributed by atoms with van der Waals surface area (Å²) < 4.78 is 16.7. The highest BCUT2D eigenvalue weighted by atomic mass is 79.9. The third-order valence-electron chi connectivity index (χ3n) is 5.20. The van der Waals surface area contributed by atoms with Crippen molar-refractivity contribution in [2.75, 3.05) is 37.6 Å². The molecule has 2 aromatic rings. The van der Waals surface area contributed by atoms with Crippen molar-refractivity contribution >= 4 is 45.1 Å². The van der Waals surface area contributed by atoms with E-state index in [1.54, 1.807) is 24.3 Å². The van der Waals surface area contributed by atoms with Crippen LogP contribution in [0.25, 0.3) is 0 Å². The zero-order valence-electron chi connectivity index (χ0n) is 18.1. The molecular weight excluding hydrogens is 480 g/mol. The van der Waals surface area contributed by atoms with Crippen molar-refractivity contribution in [2.24, 2.45) is 5.92 Å². The molecule has 3 rings (SSSR count). The van der Waals surface area contributed by atoms with Crippen LogP contribution in [0.4, 0.5) is 11.4 Å². The van der Waals surface area contributed by atoms with E-state index in [2.05, 4.69) is 21.2 Å². The van der Waals surface area contributed by atoms with Crippen molar-refractivity contribution in [2.45, 2.75) is 19.8 Å². The topological polar surface area (TPSA) is 94.2 Å². The summed E-state index contributed by atoms with van der Waals surface area (Å²) in [6.07, 6.45) is 0.742. The minimum Gasteiger partial charge on any atom is -0.497 e. The predicted octanol–water partition coefficient (Wildman–Crippen LogP) is 3.56. The fourth-order valence-corrected chi connectivity index (χ4v) is 3.93. The molecule has 1 aliphatic rings. The van der Waals surface area contributed by atoms with Crippen molar-refractivity contribution in [1.29, 1.82) is 0 Å². The number of nitrogens with zero attached hydrogens (tertiary/aromatic N) is 1. The lowest BCUT2D eigenvalue weighted by Gasteiger charge is -2.20. The molecule has 0 spiro atoms. The second-order valence-corrected chi connectivity index (χ2v) is 8.17. The first-order valence-electron chi connectivity index (χ1n) is 10.1. The molecule has 32 heavy (non-hydrogen) atoms. The number of carbonyl (C=O) groups excluding carboxylic acids is 3. The molecule has 2 aromatic carbocycles. The Bertz CT molecular complexity index is 1030. The summed E-state index contributed by atoms with van der Waals surface area (Å²) in [5.41, 5.74) is 2.18. The second kappa shape index (κ2) is 10.5. The number of carbonyl (C=O) groups is 3. The van der Waals surface area contributed by atoms with Gasteiger partial charge in [-0.05, 0) is 42.3 Å². The van der Waals surface area contributed by atoms with E-state index in [1.807, 2.05) is 19.1 Å². The van der Waals surface area contributed by atoms with E-state index in [0.29, 0.717) is 22.9 Å². The average molecular weight is 505 g/mol. The van der Waals surface area contributed by atoms with Crippen LogP contribution in [-0.2, 0) is 25.5 Å². The van der Waals surface area contributed by atoms with E-state index < -0.39 is 24.4 Å². The van der Waals surface area contributed by atoms with Gasteiger partial charge in [-0.15, -0.1) is 0 Å². The Morgan fingerprint density at radius 3 is 2.62 bits per heavy atom. The Morgan fingerprint density at radius 2 is 1.94 bits per heavy atom. The largest absolute Gasteiger partial charge is 0.497 e. The van der Waals surface area contributed by atoms with Gasteiger partial charge in [0.05, 0.1) is 25.8 Å². The molecule has 1 heterocycles. The monoisotopic (exact) mass is 504 g/mol. The maximum absolute atomic E-state index is 12.5. The molecule has 0 bridgehead atoms. The van der Waals surface area contributed by atoms with Crippen LogP contribution < -0.4 is 19.7 Å². The number of hydrogen-bond acceptors (Lipinski definition) is 6. The van der Waals surface area contributed by atoms with Crippen LogP contribution in [0.15, 0.2) is 40.9 Å². The fraction of sp³-hybridized carbons (Fsp3) is 0.348. The smallest absolute Gasteiger partial charge is 0.311 e. The minimum atomic E-state index is -0.666. The number of hydrogen-bond donors (Lipinski definition) is 1. The molecule has 1 atom stereocenters. The third kappa shape index (κ3) is 5.40. The van der Waals surface area contributed by atoms with Crippen molar-refractivity contribution in [3.05, 3.63) is 46.4 Å². The first-order chi connectivity index (χ1) is 15.4. The molecule has 1 aliphatic heterocycles. The number of benzene rings is 2. The van der Waals surface area contributed by atoms with Gasteiger partial charge < -0.3 is 24.4 Å². The summed E-state index contributed by atoms with van der Waals surface area (Å²) >= 11 is 3.41. The number of nitrogens with one attached hydrogen (secondary N) is 1. The molecule has 2 amide bonds. The molecular formula is C23H25BrN2O6. The first kappa shape index (κ1) is 23.6. The van der Waals surface area contributed by atoms with Gasteiger partial charge in [-0.25, -0.2) is 0 Å². The Kier molecular flexibility index (Phi) is 7.74. The molecule has 1 N–H and O–H groups in total. The number of esters is 1. The zero-order chi connectivity index (χ0) is 23.3. The summed E-state index contributed by atoms with van der Waals surface area (Å²) in [4.78, 5) is 38.8. The number of anilines is 2. The van der Waals surface area contributed by atoms with Crippen molar-refractivity contribution in [3.63, 3.8) is 0 Å². The quantitative estimate of drug-likeness (QED) is 0.552. The molecule has 0 unspecified atom stereocenters. The van der Waals surface area contributed by atoms with Crippen LogP contribution in [0.2, 0.25) is 0 Å². The maximum Gasteiger partial charge on any atom is 0.311 e. The van der Waals surface area contributed by atoms with Crippen LogP contribution in [0.3, 0.4) is 0 Å². The zero-order valence-corrected chi connectivity index (χ0v) is 19.7. The van der Waals surface area contributed by atoms with E-state index in [9.17, 15) is 14.4 Å². The highest BCUT2D eigenvalue weighted by Crippen LogP contribution is 2.36. The number of ether oxygens (including phenoxy) is 3. The Hall–Kier alpha value is -3.07. The lowest BCUT2D eigenvalue weighted by atomic mass is 10.1. The van der Waals surface area contributed by atoms with E-state index in [1.165, 1.54) is 19.1 Å². The Morgan fingerprint density at radius 1 is 1.16 bits per heavy atom.